The molecule has 0 spiro atoms. The lowest BCUT2D eigenvalue weighted by Crippen LogP contribution is -2.30. The Balaban J connectivity index is 0.00000374. The van der Waals surface area contributed by atoms with Crippen molar-refractivity contribution >= 4 is 17.3 Å². The van der Waals surface area contributed by atoms with Crippen molar-refractivity contribution in [3.05, 3.63) is 86.4 Å². The second-order valence-corrected chi connectivity index (χ2v) is 14.1. The van der Waals surface area contributed by atoms with E-state index < -0.39 is 5.91 Å². The maximum Gasteiger partial charge on any atom is 0.275 e. The fraction of sp³-hybridized carbons (Fsp3) is 0.596. The van der Waals surface area contributed by atoms with Crippen LogP contribution in [0.4, 0.5) is 11.4 Å². The van der Waals surface area contributed by atoms with Crippen LogP contribution in [0.2, 0.25) is 0 Å². The summed E-state index contributed by atoms with van der Waals surface area (Å²) in [6.07, 6.45) is 17.4. The summed E-state index contributed by atoms with van der Waals surface area (Å²) in [5.41, 5.74) is 4.40. The fourth-order valence-electron chi connectivity index (χ4n) is 5.95. The van der Waals surface area contributed by atoms with E-state index in [2.05, 4.69) is 53.4 Å². The Hall–Kier alpha value is -4.35. The number of hydrogen-bond acceptors (Lipinski definition) is 14. The molecule has 15 heteroatoms. The predicted octanol–water partition coefficient (Wildman–Crippen LogP) is 9.08. The number of nitrogens with one attached hydrogen (secondary N) is 2. The average Bonchev–Trinajstić information content (AvgIpc) is 3.28. The van der Waals surface area contributed by atoms with E-state index in [4.69, 9.17) is 28.8 Å². The number of hydroxylamine groups is 1. The average molecular weight is 878 g/mol. The van der Waals surface area contributed by atoms with E-state index in [1.165, 1.54) is 64.2 Å². The van der Waals surface area contributed by atoms with E-state index >= 15 is 0 Å². The van der Waals surface area contributed by atoms with Crippen molar-refractivity contribution in [2.75, 3.05) is 82.8 Å². The Morgan fingerprint density at radius 2 is 1.31 bits per heavy atom. The van der Waals surface area contributed by atoms with Crippen molar-refractivity contribution in [2.45, 2.75) is 110 Å². The van der Waals surface area contributed by atoms with Crippen LogP contribution in [0.5, 0.6) is 11.5 Å². The first-order chi connectivity index (χ1) is 30.3. The minimum absolute atomic E-state index is 0.00563. The van der Waals surface area contributed by atoms with Gasteiger partial charge in [0.2, 0.25) is 0 Å². The summed E-state index contributed by atoms with van der Waals surface area (Å²) >= 11 is 0. The van der Waals surface area contributed by atoms with Gasteiger partial charge in [-0.25, -0.2) is 5.48 Å². The van der Waals surface area contributed by atoms with Crippen LogP contribution in [0.1, 0.15) is 114 Å². The predicted molar refractivity (Wildman–Crippen MR) is 246 cm³/mol. The van der Waals surface area contributed by atoms with Gasteiger partial charge in [0.15, 0.2) is 0 Å². The normalized spacial score (nSPS) is 10.4. The molecule has 1 amide bonds. The number of unbranched alkanes of at least 4 members (excludes halogenated alkanes) is 11. The molecule has 0 heterocycles. The number of carbonyl (C=O) groups excluding carboxylic acids is 1. The van der Waals surface area contributed by atoms with Crippen LogP contribution in [-0.4, -0.2) is 100.0 Å². The first kappa shape index (κ1) is 57.6. The summed E-state index contributed by atoms with van der Waals surface area (Å²) in [4.78, 5) is 22.8. The maximum absolute atomic E-state index is 12.7. The van der Waals surface area contributed by atoms with Crippen LogP contribution in [0.15, 0.2) is 75.2 Å². The van der Waals surface area contributed by atoms with Crippen molar-refractivity contribution in [3.8, 4) is 11.5 Å². The lowest BCUT2D eigenvalue weighted by atomic mass is 10.1. The third kappa shape index (κ3) is 29.8. The molecule has 0 saturated carbocycles. The topological polar surface area (TPSA) is 179 Å². The van der Waals surface area contributed by atoms with Gasteiger partial charge in [-0.1, -0.05) is 96.8 Å². The van der Waals surface area contributed by atoms with Gasteiger partial charge in [-0.2, -0.15) is 0 Å². The Morgan fingerprint density at radius 3 is 1.85 bits per heavy atom. The van der Waals surface area contributed by atoms with E-state index in [-0.39, 0.29) is 19.3 Å². The van der Waals surface area contributed by atoms with Gasteiger partial charge in [-0.3, -0.25) is 10.0 Å². The molecule has 15 nitrogen and oxygen atoms in total. The molecule has 0 aliphatic carbocycles. The summed E-state index contributed by atoms with van der Waals surface area (Å²) in [7, 11) is 0. The minimum atomic E-state index is -0.605. The third-order valence-corrected chi connectivity index (χ3v) is 8.93. The number of anilines is 2. The third-order valence-electron chi connectivity index (χ3n) is 8.93. The van der Waals surface area contributed by atoms with Crippen LogP contribution in [0.25, 0.3) is 0 Å². The van der Waals surface area contributed by atoms with Crippen molar-refractivity contribution in [2.24, 2.45) is 0 Å². The molecule has 5 N–H and O–H groups in total. The first-order valence-corrected chi connectivity index (χ1v) is 22.0. The molecule has 2 aromatic rings. The van der Waals surface area contributed by atoms with E-state index in [0.717, 1.165) is 36.7 Å². The highest BCUT2D eigenvalue weighted by Gasteiger charge is 2.16. The van der Waals surface area contributed by atoms with Crippen molar-refractivity contribution in [1.82, 2.24) is 5.48 Å². The Kier molecular flexibility index (Phi) is 39.0. The molecule has 62 heavy (non-hydrogen) atoms. The van der Waals surface area contributed by atoms with Crippen molar-refractivity contribution in [1.29, 1.82) is 0 Å². The molecule has 0 saturated heterocycles. The van der Waals surface area contributed by atoms with Gasteiger partial charge in [0, 0.05) is 36.4 Å². The molecule has 0 unspecified atom stereocenters. The second kappa shape index (κ2) is 42.0. The lowest BCUT2D eigenvalue weighted by Gasteiger charge is -2.26. The molecule has 2 aromatic carbocycles. The summed E-state index contributed by atoms with van der Waals surface area (Å²) in [6, 6.07) is 11.2. The molecule has 0 radical (unpaired) electrons. The number of hydrogen-bond donors (Lipinski definition) is 5. The van der Waals surface area contributed by atoms with Gasteiger partial charge >= 0.3 is 0 Å². The number of amides is 1. The number of benzene rings is 2. The number of aliphatic hydroxyl groups is 2. The molecule has 0 bridgehead atoms. The van der Waals surface area contributed by atoms with Crippen LogP contribution >= 0.6 is 0 Å². The summed E-state index contributed by atoms with van der Waals surface area (Å²) < 4.78 is 28.5. The van der Waals surface area contributed by atoms with Gasteiger partial charge in [0.05, 0.1) is 76.8 Å². The van der Waals surface area contributed by atoms with Crippen molar-refractivity contribution < 1.29 is 58.7 Å². The van der Waals surface area contributed by atoms with Crippen LogP contribution in [0, 0.1) is 0 Å². The van der Waals surface area contributed by atoms with Gasteiger partial charge in [-0.05, 0) is 50.1 Å². The standard InChI is InChI=1S/C41H69N3O9.C4H6O3.C2H4/c1-4-5-6-7-8-9-10-11-12-13-14-15-24-52-37-18-16-35(38(32-37)41(47)43-48)33-42-39-19-17-36(31-40(39)53-34(2)3)44(20-22-45)21-25-49-27-29-51-30-28-50-26-23-46;1-3-5-7-6-4-2;1-2/h16-19,31-32,34,42,45-46,48H,4-15,20-30,33H2,1-3H3,(H,43,47);3-4H,1-2H2;1-2H2. The quantitative estimate of drug-likeness (QED) is 0.0108. The van der Waals surface area contributed by atoms with Crippen LogP contribution in [-0.2, 0) is 35.6 Å². The number of rotatable bonds is 38. The van der Waals surface area contributed by atoms with E-state index in [1.54, 1.807) is 11.5 Å². The number of aliphatic hydroxyl groups excluding tert-OH is 2. The van der Waals surface area contributed by atoms with Gasteiger partial charge < -0.3 is 53.9 Å². The smallest absolute Gasteiger partial charge is 0.275 e. The largest absolute Gasteiger partial charge is 0.494 e. The highest BCUT2D eigenvalue weighted by atomic mass is 17.5. The van der Waals surface area contributed by atoms with E-state index in [1.807, 2.05) is 49.1 Å². The number of ether oxygens (including phenoxy) is 5. The zero-order valence-corrected chi connectivity index (χ0v) is 38.0. The Labute approximate surface area is 371 Å². The van der Waals surface area contributed by atoms with Gasteiger partial charge in [0.25, 0.3) is 5.91 Å². The Morgan fingerprint density at radius 1 is 0.726 bits per heavy atom. The molecule has 2 rings (SSSR count). The Bertz CT molecular complexity index is 1380. The molecule has 0 aliphatic heterocycles. The SMILES string of the molecule is C=C.C=COOOC=C.CCCCCCCCCCCCCCOc1ccc(CNc2ccc(N(CCO)CCOCCOCCOCCO)cc2OC(C)C)c(C(=O)NO)c1. The van der Waals surface area contributed by atoms with Gasteiger partial charge in [0.1, 0.15) is 24.0 Å². The maximum atomic E-state index is 12.7. The number of nitrogens with zero attached hydrogens (tertiary/aromatic N) is 1. The molecule has 0 aromatic heterocycles. The second-order valence-electron chi connectivity index (χ2n) is 14.1. The zero-order valence-electron chi connectivity index (χ0n) is 38.0. The molecule has 0 atom stereocenters. The first-order valence-electron chi connectivity index (χ1n) is 22.0. The fourth-order valence-corrected chi connectivity index (χ4v) is 5.95. The summed E-state index contributed by atoms with van der Waals surface area (Å²) in [5.74, 6) is 0.619. The van der Waals surface area contributed by atoms with E-state index in [9.17, 15) is 15.1 Å². The molecule has 0 aliphatic rings. The monoisotopic (exact) mass is 878 g/mol. The summed E-state index contributed by atoms with van der Waals surface area (Å²) in [6.45, 7) is 22.8. The van der Waals surface area contributed by atoms with Gasteiger partial charge in [-0.15, -0.1) is 13.2 Å². The van der Waals surface area contributed by atoms with E-state index in [0.29, 0.717) is 88.5 Å². The minimum Gasteiger partial charge on any atom is -0.494 e. The number of carbonyl (C=O) groups is 1. The van der Waals surface area contributed by atoms with Crippen LogP contribution < -0.4 is 25.2 Å². The highest BCUT2D eigenvalue weighted by molar-refractivity contribution is 5.95. The molecule has 0 fully saturated rings. The molecule has 354 valence electrons. The molecular weight excluding hydrogens is 799 g/mol. The lowest BCUT2D eigenvalue weighted by molar-refractivity contribution is -0.464. The van der Waals surface area contributed by atoms with Crippen molar-refractivity contribution in [3.63, 3.8) is 0 Å². The summed E-state index contributed by atoms with van der Waals surface area (Å²) in [5, 5.41) is 35.3. The molecular formula is C47H79N3O12. The van der Waals surface area contributed by atoms with Crippen LogP contribution in [0.3, 0.4) is 0 Å². The zero-order chi connectivity index (χ0) is 45.9. The highest BCUT2D eigenvalue weighted by Crippen LogP contribution is 2.32.